The third-order valence-electron chi connectivity index (χ3n) is 6.31. The Morgan fingerprint density at radius 1 is 1.21 bits per heavy atom. The molecule has 33 heavy (non-hydrogen) atoms. The number of hydrogen-bond acceptors (Lipinski definition) is 7. The van der Waals surface area contributed by atoms with E-state index in [9.17, 15) is 9.90 Å². The zero-order valence-electron chi connectivity index (χ0n) is 18.9. The number of nitrogens with one attached hydrogen (secondary N) is 1. The first-order valence-corrected chi connectivity index (χ1v) is 11.3. The molecule has 2 aliphatic rings. The lowest BCUT2D eigenvalue weighted by atomic mass is 9.99. The van der Waals surface area contributed by atoms with Gasteiger partial charge < -0.3 is 15.3 Å². The fourth-order valence-corrected chi connectivity index (χ4v) is 4.62. The van der Waals surface area contributed by atoms with Crippen molar-refractivity contribution >= 4 is 29.1 Å². The first-order chi connectivity index (χ1) is 16.0. The van der Waals surface area contributed by atoms with Crippen LogP contribution in [0.4, 0.5) is 16.6 Å². The molecule has 10 nitrogen and oxygen atoms in total. The number of carbonyl (C=O) groups is 1. The number of aryl methyl sites for hydroxylation is 2. The van der Waals surface area contributed by atoms with E-state index in [1.54, 1.807) is 6.33 Å². The Bertz CT molecular complexity index is 1210. The monoisotopic (exact) mass is 448 g/mol. The molecule has 0 spiro atoms. The van der Waals surface area contributed by atoms with Crippen molar-refractivity contribution in [3.8, 4) is 0 Å². The second-order valence-electron chi connectivity index (χ2n) is 8.69. The van der Waals surface area contributed by atoms with Gasteiger partial charge in [-0.3, -0.25) is 4.90 Å². The fourth-order valence-electron chi connectivity index (χ4n) is 4.62. The van der Waals surface area contributed by atoms with Gasteiger partial charge in [0.2, 0.25) is 0 Å². The number of anilines is 2. The summed E-state index contributed by atoms with van der Waals surface area (Å²) >= 11 is 0. The van der Waals surface area contributed by atoms with Crippen LogP contribution < -0.4 is 10.2 Å². The number of amides is 1. The molecule has 5 rings (SSSR count). The molecule has 0 atom stereocenters. The van der Waals surface area contributed by atoms with Crippen molar-refractivity contribution in [2.24, 2.45) is 0 Å². The second kappa shape index (κ2) is 8.78. The number of rotatable bonds is 4. The maximum absolute atomic E-state index is 11.3. The van der Waals surface area contributed by atoms with Crippen LogP contribution in [-0.2, 0) is 0 Å². The van der Waals surface area contributed by atoms with Gasteiger partial charge >= 0.3 is 6.09 Å². The quantitative estimate of drug-likeness (QED) is 0.627. The Balaban J connectivity index is 1.59. The zero-order valence-corrected chi connectivity index (χ0v) is 18.9. The van der Waals surface area contributed by atoms with Crippen molar-refractivity contribution in [2.45, 2.75) is 39.2 Å². The normalized spacial score (nSPS) is 17.3. The number of hydrogen-bond donors (Lipinski definition) is 2. The van der Waals surface area contributed by atoms with E-state index in [0.717, 1.165) is 59.8 Å². The van der Waals surface area contributed by atoms with Gasteiger partial charge in [-0.15, -0.1) is 5.10 Å². The van der Waals surface area contributed by atoms with Gasteiger partial charge in [-0.05, 0) is 63.4 Å². The number of nitrogens with zero attached hydrogens (tertiary/aromatic N) is 7. The topological polar surface area (TPSA) is 112 Å². The highest BCUT2D eigenvalue weighted by Gasteiger charge is 2.28. The molecule has 1 saturated heterocycles. The Hall–Kier alpha value is -3.53. The summed E-state index contributed by atoms with van der Waals surface area (Å²) < 4.78 is 1.84. The molecule has 0 unspecified atom stereocenters. The van der Waals surface area contributed by atoms with Gasteiger partial charge in [-0.1, -0.05) is 6.08 Å². The molecule has 1 fully saturated rings. The van der Waals surface area contributed by atoms with Crippen LogP contribution in [-0.4, -0.2) is 72.9 Å². The third-order valence-corrected chi connectivity index (χ3v) is 6.31. The minimum atomic E-state index is -0.887. The minimum absolute atomic E-state index is 0.237. The van der Waals surface area contributed by atoms with Gasteiger partial charge in [0.05, 0.1) is 0 Å². The summed E-state index contributed by atoms with van der Waals surface area (Å²) in [6, 6.07) is 4.32. The minimum Gasteiger partial charge on any atom is -0.465 e. The van der Waals surface area contributed by atoms with E-state index in [-0.39, 0.29) is 6.04 Å². The number of piperidine rings is 1. The van der Waals surface area contributed by atoms with E-state index in [4.69, 9.17) is 10.1 Å². The summed E-state index contributed by atoms with van der Waals surface area (Å²) in [7, 11) is 0. The smallest absolute Gasteiger partial charge is 0.407 e. The average Bonchev–Trinajstić information content (AvgIpc) is 3.22. The van der Waals surface area contributed by atoms with E-state index >= 15 is 0 Å². The summed E-state index contributed by atoms with van der Waals surface area (Å²) in [6.45, 7) is 6.73. The van der Waals surface area contributed by atoms with Gasteiger partial charge in [-0.25, -0.2) is 19.3 Å². The van der Waals surface area contributed by atoms with Crippen LogP contribution in [0.1, 0.15) is 36.1 Å². The van der Waals surface area contributed by atoms with Crippen LogP contribution in [0.25, 0.3) is 11.2 Å². The van der Waals surface area contributed by atoms with Gasteiger partial charge in [0.15, 0.2) is 5.65 Å². The SMILES string of the molecule is Cc1cc(C2=CCN(C(=O)O)CC2)c2nc(N(c3cc(C)ncn3)C3CCNCC3)nn2c1. The van der Waals surface area contributed by atoms with Crippen LogP contribution in [0, 0.1) is 13.8 Å². The molecule has 0 aliphatic carbocycles. The number of pyridine rings is 1. The molecule has 5 heterocycles. The predicted octanol–water partition coefficient (Wildman–Crippen LogP) is 2.79. The Kier molecular flexibility index (Phi) is 5.67. The van der Waals surface area contributed by atoms with E-state index in [1.165, 1.54) is 4.90 Å². The highest BCUT2D eigenvalue weighted by atomic mass is 16.4. The number of aromatic nitrogens is 5. The van der Waals surface area contributed by atoms with Gasteiger partial charge in [0.1, 0.15) is 12.1 Å². The van der Waals surface area contributed by atoms with Gasteiger partial charge in [0.25, 0.3) is 5.95 Å². The molecule has 0 aromatic carbocycles. The van der Waals surface area contributed by atoms with Crippen molar-refractivity contribution in [3.63, 3.8) is 0 Å². The lowest BCUT2D eigenvalue weighted by Crippen LogP contribution is -2.41. The molecule has 2 N–H and O–H groups in total. The van der Waals surface area contributed by atoms with Gasteiger partial charge in [-0.2, -0.15) is 4.98 Å². The summed E-state index contributed by atoms with van der Waals surface area (Å²) in [5.74, 6) is 1.42. The first kappa shape index (κ1) is 21.3. The van der Waals surface area contributed by atoms with E-state index in [1.807, 2.05) is 36.7 Å². The van der Waals surface area contributed by atoms with Crippen LogP contribution in [0.2, 0.25) is 0 Å². The molecule has 10 heteroatoms. The Labute approximate surface area is 192 Å². The first-order valence-electron chi connectivity index (χ1n) is 11.3. The lowest BCUT2D eigenvalue weighted by molar-refractivity contribution is 0.150. The van der Waals surface area contributed by atoms with E-state index < -0.39 is 6.09 Å². The zero-order chi connectivity index (χ0) is 22.9. The summed E-state index contributed by atoms with van der Waals surface area (Å²) in [6.07, 6.45) is 7.26. The molecule has 3 aromatic heterocycles. The third kappa shape index (κ3) is 4.25. The molecule has 0 bridgehead atoms. The molecule has 0 saturated carbocycles. The van der Waals surface area contributed by atoms with Crippen molar-refractivity contribution in [1.82, 2.24) is 34.8 Å². The lowest BCUT2D eigenvalue weighted by Gasteiger charge is -2.33. The Morgan fingerprint density at radius 3 is 2.73 bits per heavy atom. The predicted molar refractivity (Wildman–Crippen MR) is 125 cm³/mol. The van der Waals surface area contributed by atoms with Crippen molar-refractivity contribution in [2.75, 3.05) is 31.1 Å². The number of carboxylic acid groups (broad SMARTS) is 1. The highest BCUT2D eigenvalue weighted by molar-refractivity contribution is 5.79. The molecule has 1 amide bonds. The largest absolute Gasteiger partial charge is 0.465 e. The molecular formula is C23H28N8O2. The fraction of sp³-hybridized carbons (Fsp3) is 0.435. The second-order valence-corrected chi connectivity index (χ2v) is 8.69. The number of fused-ring (bicyclic) bond motifs is 1. The van der Waals surface area contributed by atoms with Crippen LogP contribution >= 0.6 is 0 Å². The van der Waals surface area contributed by atoms with E-state index in [2.05, 4.69) is 26.3 Å². The van der Waals surface area contributed by atoms with Crippen molar-refractivity contribution in [3.05, 3.63) is 47.6 Å². The highest BCUT2D eigenvalue weighted by Crippen LogP contribution is 2.31. The summed E-state index contributed by atoms with van der Waals surface area (Å²) in [5, 5.41) is 17.6. The molecule has 0 radical (unpaired) electrons. The Morgan fingerprint density at radius 2 is 2.03 bits per heavy atom. The molecule has 2 aliphatic heterocycles. The maximum Gasteiger partial charge on any atom is 0.407 e. The average molecular weight is 449 g/mol. The van der Waals surface area contributed by atoms with Gasteiger partial charge in [0, 0.05) is 42.7 Å². The van der Waals surface area contributed by atoms with Crippen molar-refractivity contribution in [1.29, 1.82) is 0 Å². The van der Waals surface area contributed by atoms with E-state index in [0.29, 0.717) is 25.5 Å². The standard InChI is InChI=1S/C23H28N8O2/c1-15-11-19(17-5-9-29(10-6-17)23(32)33)21-27-22(28-30(21)13-15)31(18-3-7-24-8-4-18)20-12-16(2)25-14-26-20/h5,11-14,18,24H,3-4,6-10H2,1-2H3,(H,32,33). The van der Waals surface area contributed by atoms with Crippen molar-refractivity contribution < 1.29 is 9.90 Å². The molecule has 172 valence electrons. The van der Waals surface area contributed by atoms with Crippen LogP contribution in [0.5, 0.6) is 0 Å². The maximum atomic E-state index is 11.3. The summed E-state index contributed by atoms with van der Waals surface area (Å²) in [4.78, 5) is 28.7. The molecular weight excluding hydrogens is 420 g/mol. The molecule has 3 aromatic rings. The van der Waals surface area contributed by atoms with Crippen LogP contribution in [0.3, 0.4) is 0 Å². The summed E-state index contributed by atoms with van der Waals surface area (Å²) in [5.41, 5.74) is 4.85. The van der Waals surface area contributed by atoms with Crippen LogP contribution in [0.15, 0.2) is 30.7 Å².